The summed E-state index contributed by atoms with van der Waals surface area (Å²) in [6.45, 7) is 1.80. The molecule has 3 aromatic carbocycles. The SMILES string of the molecule is Cc1ccccc1C(=O)Oc1cc(O)c2c(c1)OC(c1ccc(O)cc1)CC2=O. The van der Waals surface area contributed by atoms with Gasteiger partial charge in [-0.1, -0.05) is 30.3 Å². The van der Waals surface area contributed by atoms with Crippen LogP contribution in [0.4, 0.5) is 0 Å². The van der Waals surface area contributed by atoms with Crippen LogP contribution < -0.4 is 9.47 Å². The lowest BCUT2D eigenvalue weighted by molar-refractivity contribution is 0.0733. The maximum absolute atomic E-state index is 12.6. The maximum atomic E-state index is 12.6. The number of aryl methyl sites for hydroxylation is 1. The Hall–Kier alpha value is -3.80. The van der Waals surface area contributed by atoms with Crippen molar-refractivity contribution >= 4 is 11.8 Å². The van der Waals surface area contributed by atoms with Crippen molar-refractivity contribution in [2.45, 2.75) is 19.4 Å². The lowest BCUT2D eigenvalue weighted by Gasteiger charge is -2.26. The van der Waals surface area contributed by atoms with Gasteiger partial charge in [0.05, 0.1) is 12.0 Å². The summed E-state index contributed by atoms with van der Waals surface area (Å²) in [6.07, 6.45) is -0.523. The molecule has 0 radical (unpaired) electrons. The van der Waals surface area contributed by atoms with E-state index in [1.54, 1.807) is 37.3 Å². The molecule has 3 aromatic rings. The Bertz CT molecular complexity index is 1100. The number of ketones is 1. The van der Waals surface area contributed by atoms with Crippen LogP contribution in [0.2, 0.25) is 0 Å². The van der Waals surface area contributed by atoms with Crippen molar-refractivity contribution in [3.63, 3.8) is 0 Å². The summed E-state index contributed by atoms with van der Waals surface area (Å²) in [5, 5.41) is 19.8. The number of hydrogen-bond donors (Lipinski definition) is 2. The van der Waals surface area contributed by atoms with Crippen molar-refractivity contribution in [3.8, 4) is 23.0 Å². The molecule has 146 valence electrons. The van der Waals surface area contributed by atoms with E-state index < -0.39 is 12.1 Å². The van der Waals surface area contributed by atoms with Crippen LogP contribution in [0.15, 0.2) is 60.7 Å². The van der Waals surface area contributed by atoms with Gasteiger partial charge in [-0.15, -0.1) is 0 Å². The zero-order chi connectivity index (χ0) is 20.5. The Labute approximate surface area is 167 Å². The van der Waals surface area contributed by atoms with E-state index in [0.717, 1.165) is 5.56 Å². The van der Waals surface area contributed by atoms with Gasteiger partial charge in [0.15, 0.2) is 5.78 Å². The van der Waals surface area contributed by atoms with E-state index in [9.17, 15) is 19.8 Å². The molecule has 1 atom stereocenters. The van der Waals surface area contributed by atoms with Gasteiger partial charge < -0.3 is 19.7 Å². The summed E-state index contributed by atoms with van der Waals surface area (Å²) in [7, 11) is 0. The summed E-state index contributed by atoms with van der Waals surface area (Å²) < 4.78 is 11.3. The van der Waals surface area contributed by atoms with E-state index in [0.29, 0.717) is 11.1 Å². The van der Waals surface area contributed by atoms with Crippen molar-refractivity contribution in [1.29, 1.82) is 0 Å². The Balaban J connectivity index is 1.63. The molecule has 1 aliphatic heterocycles. The molecule has 0 aromatic heterocycles. The van der Waals surface area contributed by atoms with Gasteiger partial charge in [-0.3, -0.25) is 4.79 Å². The van der Waals surface area contributed by atoms with E-state index in [1.807, 2.05) is 6.07 Å². The molecular weight excluding hydrogens is 372 g/mol. The highest BCUT2D eigenvalue weighted by Gasteiger charge is 2.31. The fourth-order valence-corrected chi connectivity index (χ4v) is 3.31. The number of rotatable bonds is 3. The highest BCUT2D eigenvalue weighted by Crippen LogP contribution is 2.42. The zero-order valence-electron chi connectivity index (χ0n) is 15.6. The molecule has 0 fully saturated rings. The van der Waals surface area contributed by atoms with Gasteiger partial charge in [0.2, 0.25) is 0 Å². The molecule has 6 nitrogen and oxygen atoms in total. The largest absolute Gasteiger partial charge is 0.508 e. The molecule has 1 aliphatic rings. The minimum absolute atomic E-state index is 0.0493. The third kappa shape index (κ3) is 3.65. The fourth-order valence-electron chi connectivity index (χ4n) is 3.31. The van der Waals surface area contributed by atoms with E-state index in [1.165, 1.54) is 24.3 Å². The van der Waals surface area contributed by atoms with Gasteiger partial charge in [-0.2, -0.15) is 0 Å². The van der Waals surface area contributed by atoms with Gasteiger partial charge in [-0.05, 0) is 36.2 Å². The summed E-state index contributed by atoms with van der Waals surface area (Å²) >= 11 is 0. The predicted octanol–water partition coefficient (Wildman–Crippen LogP) is 4.33. The monoisotopic (exact) mass is 390 g/mol. The minimum Gasteiger partial charge on any atom is -0.508 e. The number of fused-ring (bicyclic) bond motifs is 1. The summed E-state index contributed by atoms with van der Waals surface area (Å²) in [4.78, 5) is 25.0. The predicted molar refractivity (Wildman–Crippen MR) is 105 cm³/mol. The molecular formula is C23H18O6. The van der Waals surface area contributed by atoms with Gasteiger partial charge in [0, 0.05) is 12.1 Å². The molecule has 0 saturated carbocycles. The fraction of sp³-hybridized carbons (Fsp3) is 0.130. The van der Waals surface area contributed by atoms with E-state index in [-0.39, 0.29) is 40.8 Å². The Kier molecular flexibility index (Phi) is 4.68. The lowest BCUT2D eigenvalue weighted by Crippen LogP contribution is -2.20. The number of Topliss-reactive ketones (excluding diaryl/α,β-unsaturated/α-hetero) is 1. The first-order valence-electron chi connectivity index (χ1n) is 9.06. The van der Waals surface area contributed by atoms with Crippen LogP contribution >= 0.6 is 0 Å². The molecule has 2 N–H and O–H groups in total. The zero-order valence-corrected chi connectivity index (χ0v) is 15.6. The van der Waals surface area contributed by atoms with Crippen LogP contribution in [-0.2, 0) is 0 Å². The second-order valence-corrected chi connectivity index (χ2v) is 6.85. The number of aromatic hydroxyl groups is 2. The molecule has 0 spiro atoms. The number of benzene rings is 3. The number of phenolic OH excluding ortho intramolecular Hbond substituents is 2. The van der Waals surface area contributed by atoms with E-state index >= 15 is 0 Å². The van der Waals surface area contributed by atoms with Crippen LogP contribution in [0.5, 0.6) is 23.0 Å². The van der Waals surface area contributed by atoms with Crippen molar-refractivity contribution in [2.24, 2.45) is 0 Å². The second kappa shape index (κ2) is 7.31. The molecule has 0 saturated heterocycles. The first-order chi connectivity index (χ1) is 13.9. The minimum atomic E-state index is -0.572. The average Bonchev–Trinajstić information content (AvgIpc) is 2.68. The average molecular weight is 390 g/mol. The number of ether oxygens (including phenoxy) is 2. The van der Waals surface area contributed by atoms with E-state index in [2.05, 4.69) is 0 Å². The maximum Gasteiger partial charge on any atom is 0.343 e. The van der Waals surface area contributed by atoms with Crippen molar-refractivity contribution < 1.29 is 29.3 Å². The molecule has 0 amide bonds. The third-order valence-corrected chi connectivity index (χ3v) is 4.81. The van der Waals surface area contributed by atoms with Gasteiger partial charge in [0.25, 0.3) is 0 Å². The van der Waals surface area contributed by atoms with Crippen LogP contribution in [0.25, 0.3) is 0 Å². The number of esters is 1. The summed E-state index contributed by atoms with van der Waals surface area (Å²) in [5.41, 5.74) is 1.95. The highest BCUT2D eigenvalue weighted by molar-refractivity contribution is 6.03. The number of phenols is 2. The first kappa shape index (κ1) is 18.6. The second-order valence-electron chi connectivity index (χ2n) is 6.85. The molecule has 4 rings (SSSR count). The Morgan fingerprint density at radius 3 is 2.52 bits per heavy atom. The van der Waals surface area contributed by atoms with Gasteiger partial charge in [0.1, 0.15) is 34.7 Å². The van der Waals surface area contributed by atoms with Crippen molar-refractivity contribution in [2.75, 3.05) is 0 Å². The number of carbonyl (C=O) groups excluding carboxylic acids is 2. The Morgan fingerprint density at radius 1 is 1.07 bits per heavy atom. The quantitative estimate of drug-likeness (QED) is 0.511. The molecule has 6 heteroatoms. The van der Waals surface area contributed by atoms with Crippen molar-refractivity contribution in [3.05, 3.63) is 82.9 Å². The topological polar surface area (TPSA) is 93.1 Å². The smallest absolute Gasteiger partial charge is 0.343 e. The highest BCUT2D eigenvalue weighted by atomic mass is 16.5. The standard InChI is InChI=1S/C23H18O6/c1-13-4-2-3-5-17(13)23(27)28-16-10-18(25)22-19(26)12-20(29-21(22)11-16)14-6-8-15(24)9-7-14/h2-11,20,24-25H,12H2,1H3. The van der Waals surface area contributed by atoms with Crippen LogP contribution in [0, 0.1) is 6.92 Å². The van der Waals surface area contributed by atoms with Crippen molar-refractivity contribution in [1.82, 2.24) is 0 Å². The van der Waals surface area contributed by atoms with Crippen LogP contribution in [0.1, 0.15) is 44.4 Å². The normalized spacial score (nSPS) is 15.3. The molecule has 0 bridgehead atoms. The number of hydrogen-bond acceptors (Lipinski definition) is 6. The molecule has 29 heavy (non-hydrogen) atoms. The molecule has 0 aliphatic carbocycles. The molecule has 1 heterocycles. The van der Waals surface area contributed by atoms with Gasteiger partial charge >= 0.3 is 5.97 Å². The van der Waals surface area contributed by atoms with Crippen LogP contribution in [-0.4, -0.2) is 22.0 Å². The molecule has 1 unspecified atom stereocenters. The third-order valence-electron chi connectivity index (χ3n) is 4.81. The number of carbonyl (C=O) groups is 2. The lowest BCUT2D eigenvalue weighted by atomic mass is 9.95. The van der Waals surface area contributed by atoms with Crippen LogP contribution in [0.3, 0.4) is 0 Å². The summed E-state index contributed by atoms with van der Waals surface area (Å²) in [6, 6.07) is 16.0. The Morgan fingerprint density at radius 2 is 1.79 bits per heavy atom. The van der Waals surface area contributed by atoms with E-state index in [4.69, 9.17) is 9.47 Å². The first-order valence-corrected chi connectivity index (χ1v) is 9.06. The van der Waals surface area contributed by atoms with Gasteiger partial charge in [-0.25, -0.2) is 4.79 Å². The summed E-state index contributed by atoms with van der Waals surface area (Å²) in [5.74, 6) is -0.817.